The number of rotatable bonds is 6. The molecule has 1 aliphatic rings. The van der Waals surface area contributed by atoms with E-state index in [2.05, 4.69) is 0 Å². The predicted molar refractivity (Wildman–Crippen MR) is 71.0 cm³/mol. The third-order valence-corrected chi connectivity index (χ3v) is 3.25. The molecule has 110 valence electrons. The van der Waals surface area contributed by atoms with Gasteiger partial charge in [0.1, 0.15) is 0 Å². The van der Waals surface area contributed by atoms with Crippen molar-refractivity contribution in [2.24, 2.45) is 5.92 Å². The first-order chi connectivity index (χ1) is 8.43. The van der Waals surface area contributed by atoms with Crippen LogP contribution in [0.5, 0.6) is 0 Å². The molecular formula is C12H27O5P. The zero-order valence-corrected chi connectivity index (χ0v) is 11.9. The highest BCUT2D eigenvalue weighted by Gasteiger charge is 2.12. The van der Waals surface area contributed by atoms with E-state index >= 15 is 0 Å². The Hall–Kier alpha value is 0.0700. The van der Waals surface area contributed by atoms with Crippen molar-refractivity contribution < 1.29 is 24.4 Å². The van der Waals surface area contributed by atoms with Crippen molar-refractivity contribution in [3.63, 3.8) is 0 Å². The average Bonchev–Trinajstić information content (AvgIpc) is 2.28. The predicted octanol–water partition coefficient (Wildman–Crippen LogP) is 2.58. The van der Waals surface area contributed by atoms with E-state index in [1.165, 1.54) is 57.8 Å². The molecule has 0 spiro atoms. The van der Waals surface area contributed by atoms with Gasteiger partial charge in [0.2, 0.25) is 0 Å². The van der Waals surface area contributed by atoms with Gasteiger partial charge in [-0.05, 0) is 12.3 Å². The van der Waals surface area contributed by atoms with Crippen molar-refractivity contribution in [2.45, 2.75) is 64.2 Å². The fraction of sp³-hybridized carbons (Fsp3) is 1.00. The lowest BCUT2D eigenvalue weighted by Crippen LogP contribution is -2.05. The summed E-state index contributed by atoms with van der Waals surface area (Å²) in [6, 6.07) is 0. The average molecular weight is 282 g/mol. The molecule has 4 N–H and O–H groups in total. The fourth-order valence-corrected chi connectivity index (χ4v) is 2.37. The van der Waals surface area contributed by atoms with Gasteiger partial charge < -0.3 is 19.8 Å². The molecule has 0 aromatic rings. The van der Waals surface area contributed by atoms with Crippen molar-refractivity contribution in [2.75, 3.05) is 6.61 Å². The lowest BCUT2D eigenvalue weighted by Gasteiger charge is -2.21. The van der Waals surface area contributed by atoms with Crippen molar-refractivity contribution in [1.82, 2.24) is 0 Å². The lowest BCUT2D eigenvalue weighted by atomic mass is 9.85. The van der Waals surface area contributed by atoms with Gasteiger partial charge in [-0.3, -0.25) is 0 Å². The Morgan fingerprint density at radius 1 is 0.889 bits per heavy atom. The van der Waals surface area contributed by atoms with Gasteiger partial charge in [0.25, 0.3) is 0 Å². The second-order valence-electron chi connectivity index (χ2n) is 4.94. The summed E-state index contributed by atoms with van der Waals surface area (Å²) in [6.45, 7) is 0.378. The van der Waals surface area contributed by atoms with Gasteiger partial charge >= 0.3 is 7.82 Å². The Morgan fingerprint density at radius 3 is 1.89 bits per heavy atom. The normalized spacial score (nSPS) is 17.1. The quantitative estimate of drug-likeness (QED) is 0.443. The minimum atomic E-state index is -4.64. The second kappa shape index (κ2) is 10.9. The molecule has 0 aromatic heterocycles. The molecule has 6 heteroatoms. The summed E-state index contributed by atoms with van der Waals surface area (Å²) in [7, 11) is -4.64. The maximum Gasteiger partial charge on any atom is 0.466 e. The largest absolute Gasteiger partial charge is 0.466 e. The molecule has 5 nitrogen and oxygen atoms in total. The van der Waals surface area contributed by atoms with E-state index in [9.17, 15) is 0 Å². The lowest BCUT2D eigenvalue weighted by molar-refractivity contribution is 0.275. The molecule has 1 aliphatic carbocycles. The fourth-order valence-electron chi connectivity index (χ4n) is 2.37. The van der Waals surface area contributed by atoms with Crippen molar-refractivity contribution in [3.8, 4) is 0 Å². The Morgan fingerprint density at radius 2 is 1.39 bits per heavy atom. The van der Waals surface area contributed by atoms with Crippen LogP contribution in [0.4, 0.5) is 0 Å². The van der Waals surface area contributed by atoms with Gasteiger partial charge in [-0.2, -0.15) is 0 Å². The first-order valence-electron chi connectivity index (χ1n) is 6.82. The Kier molecular flexibility index (Phi) is 11.0. The van der Waals surface area contributed by atoms with Gasteiger partial charge in [-0.25, -0.2) is 4.57 Å². The summed E-state index contributed by atoms with van der Waals surface area (Å²) in [6.07, 6.45) is 13.8. The third-order valence-electron chi connectivity index (χ3n) is 3.25. The van der Waals surface area contributed by atoms with Crippen LogP contribution in [0.2, 0.25) is 0 Å². The van der Waals surface area contributed by atoms with Crippen molar-refractivity contribution in [1.29, 1.82) is 0 Å². The molecule has 1 rings (SSSR count). The minimum absolute atomic E-state index is 0.378. The summed E-state index contributed by atoms with van der Waals surface area (Å²) >= 11 is 0. The van der Waals surface area contributed by atoms with E-state index in [1.54, 1.807) is 0 Å². The molecule has 1 saturated carbocycles. The monoisotopic (exact) mass is 282 g/mol. The van der Waals surface area contributed by atoms with Crippen LogP contribution in [-0.2, 0) is 4.57 Å². The van der Waals surface area contributed by atoms with E-state index in [0.29, 0.717) is 6.61 Å². The van der Waals surface area contributed by atoms with E-state index in [1.807, 2.05) is 0 Å². The summed E-state index contributed by atoms with van der Waals surface area (Å²) < 4.78 is 8.88. The zero-order chi connectivity index (χ0) is 13.9. The zero-order valence-electron chi connectivity index (χ0n) is 11.0. The molecule has 0 aromatic carbocycles. The molecule has 1 fully saturated rings. The van der Waals surface area contributed by atoms with Gasteiger partial charge in [0.15, 0.2) is 0 Å². The maximum absolute atomic E-state index is 8.88. The van der Waals surface area contributed by atoms with Gasteiger partial charge in [0.05, 0.1) is 0 Å². The Labute approximate surface area is 109 Å². The number of aliphatic hydroxyl groups excluding tert-OH is 1. The molecular weight excluding hydrogens is 255 g/mol. The minimum Gasteiger partial charge on any atom is -0.396 e. The number of hydrogen-bond acceptors (Lipinski definition) is 2. The molecule has 0 saturated heterocycles. The van der Waals surface area contributed by atoms with Gasteiger partial charge in [-0.1, -0.05) is 57.8 Å². The third kappa shape index (κ3) is 16.1. The first-order valence-corrected chi connectivity index (χ1v) is 8.39. The van der Waals surface area contributed by atoms with E-state index < -0.39 is 7.82 Å². The van der Waals surface area contributed by atoms with Gasteiger partial charge in [0, 0.05) is 6.61 Å². The second-order valence-corrected chi connectivity index (χ2v) is 5.97. The molecule has 0 heterocycles. The Balaban J connectivity index is 0.000000494. The standard InChI is InChI=1S/C12H24O.H3O4P/c13-11-7-2-1-4-8-12-9-5-3-6-10-12;1-5(2,3)4/h12-13H,1-11H2;(H3,1,2,3,4). The van der Waals surface area contributed by atoms with Crippen LogP contribution in [0, 0.1) is 5.92 Å². The summed E-state index contributed by atoms with van der Waals surface area (Å²) in [4.78, 5) is 21.6. The number of phosphoric acid groups is 1. The first kappa shape index (κ1) is 18.1. The van der Waals surface area contributed by atoms with Crippen LogP contribution >= 0.6 is 7.82 Å². The summed E-state index contributed by atoms with van der Waals surface area (Å²) in [5.41, 5.74) is 0. The number of hydrogen-bond donors (Lipinski definition) is 4. The molecule has 0 amide bonds. The topological polar surface area (TPSA) is 98.0 Å². The van der Waals surface area contributed by atoms with Crippen LogP contribution in [0.25, 0.3) is 0 Å². The highest BCUT2D eigenvalue weighted by Crippen LogP contribution is 2.28. The van der Waals surface area contributed by atoms with E-state index in [0.717, 1.165) is 12.3 Å². The molecule has 0 unspecified atom stereocenters. The number of aliphatic hydroxyl groups is 1. The van der Waals surface area contributed by atoms with Gasteiger partial charge in [-0.15, -0.1) is 0 Å². The Bertz CT molecular complexity index is 214. The molecule has 0 atom stereocenters. The smallest absolute Gasteiger partial charge is 0.396 e. The van der Waals surface area contributed by atoms with Crippen molar-refractivity contribution >= 4 is 7.82 Å². The van der Waals surface area contributed by atoms with Crippen LogP contribution in [-0.4, -0.2) is 26.4 Å². The number of unbranched alkanes of at least 4 members (excludes halogenated alkanes) is 3. The molecule has 0 aliphatic heterocycles. The maximum atomic E-state index is 8.88. The highest BCUT2D eigenvalue weighted by atomic mass is 31.2. The van der Waals surface area contributed by atoms with E-state index in [4.69, 9.17) is 24.4 Å². The van der Waals surface area contributed by atoms with Crippen LogP contribution in [0.3, 0.4) is 0 Å². The van der Waals surface area contributed by atoms with Crippen molar-refractivity contribution in [3.05, 3.63) is 0 Å². The van der Waals surface area contributed by atoms with E-state index in [-0.39, 0.29) is 0 Å². The van der Waals surface area contributed by atoms with Crippen LogP contribution in [0.15, 0.2) is 0 Å². The molecule has 18 heavy (non-hydrogen) atoms. The highest BCUT2D eigenvalue weighted by molar-refractivity contribution is 7.45. The SMILES string of the molecule is O=P(O)(O)O.OCCCCCCC1CCCCC1. The molecule has 0 radical (unpaired) electrons. The van der Waals surface area contributed by atoms with Crippen LogP contribution in [0.1, 0.15) is 64.2 Å². The van der Waals surface area contributed by atoms with Crippen LogP contribution < -0.4 is 0 Å². The summed E-state index contributed by atoms with van der Waals surface area (Å²) in [5, 5.41) is 8.61. The summed E-state index contributed by atoms with van der Waals surface area (Å²) in [5.74, 6) is 1.04. The molecule has 0 bridgehead atoms.